The predicted octanol–water partition coefficient (Wildman–Crippen LogP) is -2.26. The van der Waals surface area contributed by atoms with Crippen LogP contribution in [0.2, 0.25) is 0 Å². The predicted molar refractivity (Wildman–Crippen MR) is 46.1 cm³/mol. The van der Waals surface area contributed by atoms with E-state index in [9.17, 15) is 13.5 Å². The van der Waals surface area contributed by atoms with Crippen molar-refractivity contribution >= 4 is 10.2 Å². The van der Waals surface area contributed by atoms with Crippen LogP contribution >= 0.6 is 0 Å². The van der Waals surface area contributed by atoms with E-state index in [1.165, 1.54) is 7.05 Å². The summed E-state index contributed by atoms with van der Waals surface area (Å²) >= 11 is 0. The molecule has 0 aromatic carbocycles. The third-order valence-electron chi connectivity index (χ3n) is 2.21. The smallest absolute Gasteiger partial charge is 0.279 e. The average molecular weight is 210 g/mol. The van der Waals surface area contributed by atoms with Crippen LogP contribution < -0.4 is 4.72 Å². The molecule has 0 radical (unpaired) electrons. The Balaban J connectivity index is 2.68. The first-order chi connectivity index (χ1) is 6.01. The Morgan fingerprint density at radius 2 is 2.15 bits per heavy atom. The van der Waals surface area contributed by atoms with Crippen LogP contribution in [-0.4, -0.2) is 55.8 Å². The standard InChI is InChI=1S/C6H14N2O4S/c1-7-13(11,12)8-2-5(4-9)6(10)3-8/h5-7,9-10H,2-4H2,1H3. The zero-order valence-corrected chi connectivity index (χ0v) is 8.16. The van der Waals surface area contributed by atoms with Gasteiger partial charge in [-0.3, -0.25) is 0 Å². The van der Waals surface area contributed by atoms with Crippen LogP contribution in [0.25, 0.3) is 0 Å². The third kappa shape index (κ3) is 2.18. The number of hydrogen-bond donors (Lipinski definition) is 3. The van der Waals surface area contributed by atoms with Gasteiger partial charge < -0.3 is 10.2 Å². The summed E-state index contributed by atoms with van der Waals surface area (Å²) < 4.78 is 25.7. The highest BCUT2D eigenvalue weighted by atomic mass is 32.2. The van der Waals surface area contributed by atoms with Gasteiger partial charge in [-0.25, -0.2) is 4.72 Å². The first-order valence-corrected chi connectivity index (χ1v) is 5.43. The van der Waals surface area contributed by atoms with E-state index < -0.39 is 16.3 Å². The number of aliphatic hydroxyl groups is 2. The molecule has 1 aliphatic rings. The molecule has 0 amide bonds. The zero-order chi connectivity index (χ0) is 10.1. The van der Waals surface area contributed by atoms with Crippen molar-refractivity contribution in [2.45, 2.75) is 6.10 Å². The number of nitrogens with one attached hydrogen (secondary N) is 1. The Morgan fingerprint density at radius 1 is 1.54 bits per heavy atom. The number of nitrogens with zero attached hydrogens (tertiary/aromatic N) is 1. The summed E-state index contributed by atoms with van der Waals surface area (Å²) in [5, 5.41) is 18.1. The summed E-state index contributed by atoms with van der Waals surface area (Å²) in [4.78, 5) is 0. The van der Waals surface area contributed by atoms with Gasteiger partial charge in [0.05, 0.1) is 6.10 Å². The van der Waals surface area contributed by atoms with Crippen LogP contribution in [0.4, 0.5) is 0 Å². The molecule has 1 aliphatic heterocycles. The van der Waals surface area contributed by atoms with Gasteiger partial charge in [-0.15, -0.1) is 0 Å². The molecule has 2 atom stereocenters. The molecule has 0 spiro atoms. The molecule has 0 aromatic rings. The van der Waals surface area contributed by atoms with E-state index in [2.05, 4.69) is 4.72 Å². The maximum absolute atomic E-state index is 11.2. The summed E-state index contributed by atoms with van der Waals surface area (Å²) in [6.07, 6.45) is -0.770. The molecule has 7 heteroatoms. The van der Waals surface area contributed by atoms with Crippen molar-refractivity contribution in [1.82, 2.24) is 9.03 Å². The summed E-state index contributed by atoms with van der Waals surface area (Å²) in [6, 6.07) is 0. The second-order valence-corrected chi connectivity index (χ2v) is 4.91. The maximum Gasteiger partial charge on any atom is 0.279 e. The number of hydrogen-bond acceptors (Lipinski definition) is 4. The van der Waals surface area contributed by atoms with E-state index in [0.717, 1.165) is 4.31 Å². The van der Waals surface area contributed by atoms with Crippen molar-refractivity contribution in [2.75, 3.05) is 26.7 Å². The first kappa shape index (κ1) is 10.9. The monoisotopic (exact) mass is 210 g/mol. The quantitative estimate of drug-likeness (QED) is 0.490. The highest BCUT2D eigenvalue weighted by molar-refractivity contribution is 7.87. The van der Waals surface area contributed by atoms with Gasteiger partial charge in [-0.1, -0.05) is 0 Å². The largest absolute Gasteiger partial charge is 0.396 e. The lowest BCUT2D eigenvalue weighted by atomic mass is 10.1. The molecular formula is C6H14N2O4S. The van der Waals surface area contributed by atoms with Gasteiger partial charge in [-0.2, -0.15) is 12.7 Å². The lowest BCUT2D eigenvalue weighted by Crippen LogP contribution is -2.37. The molecule has 78 valence electrons. The summed E-state index contributed by atoms with van der Waals surface area (Å²) in [5.41, 5.74) is 0. The fraction of sp³-hybridized carbons (Fsp3) is 1.00. The number of β-amino-alcohol motifs (C(OH)–C–C–N with tert-alkyl or cyclic N) is 1. The second-order valence-electron chi connectivity index (χ2n) is 3.04. The molecule has 1 rings (SSSR count). The van der Waals surface area contributed by atoms with Gasteiger partial charge in [-0.05, 0) is 0 Å². The molecule has 0 bridgehead atoms. The summed E-state index contributed by atoms with van der Waals surface area (Å²) in [7, 11) is -2.15. The van der Waals surface area contributed by atoms with Crippen LogP contribution in [0.15, 0.2) is 0 Å². The zero-order valence-electron chi connectivity index (χ0n) is 7.34. The molecule has 1 saturated heterocycles. The van der Waals surface area contributed by atoms with Crippen LogP contribution in [0.3, 0.4) is 0 Å². The highest BCUT2D eigenvalue weighted by Crippen LogP contribution is 2.18. The molecule has 13 heavy (non-hydrogen) atoms. The van der Waals surface area contributed by atoms with Gasteiger partial charge in [0.1, 0.15) is 0 Å². The number of rotatable bonds is 3. The minimum atomic E-state index is -3.46. The fourth-order valence-corrected chi connectivity index (χ4v) is 2.32. The summed E-state index contributed by atoms with van der Waals surface area (Å²) in [5.74, 6) is -0.372. The Morgan fingerprint density at radius 3 is 2.54 bits per heavy atom. The Kier molecular flexibility index (Phi) is 3.25. The minimum absolute atomic E-state index is 0.0500. The highest BCUT2D eigenvalue weighted by Gasteiger charge is 2.36. The van der Waals surface area contributed by atoms with Crippen molar-refractivity contribution in [2.24, 2.45) is 5.92 Å². The lowest BCUT2D eigenvalue weighted by molar-refractivity contribution is 0.104. The van der Waals surface area contributed by atoms with E-state index in [-0.39, 0.29) is 25.6 Å². The van der Waals surface area contributed by atoms with Crippen molar-refractivity contribution in [3.8, 4) is 0 Å². The molecule has 0 aromatic heterocycles. The molecule has 6 nitrogen and oxygen atoms in total. The van der Waals surface area contributed by atoms with Crippen molar-refractivity contribution in [1.29, 1.82) is 0 Å². The van der Waals surface area contributed by atoms with E-state index >= 15 is 0 Å². The van der Waals surface area contributed by atoms with Gasteiger partial charge in [0.2, 0.25) is 0 Å². The van der Waals surface area contributed by atoms with E-state index in [0.29, 0.717) is 0 Å². The van der Waals surface area contributed by atoms with Gasteiger partial charge in [0.15, 0.2) is 0 Å². The Bertz CT molecular complexity index is 266. The van der Waals surface area contributed by atoms with Gasteiger partial charge in [0, 0.05) is 32.7 Å². The van der Waals surface area contributed by atoms with Crippen molar-refractivity contribution in [3.05, 3.63) is 0 Å². The second kappa shape index (κ2) is 3.89. The van der Waals surface area contributed by atoms with Gasteiger partial charge >= 0.3 is 0 Å². The minimum Gasteiger partial charge on any atom is -0.396 e. The molecule has 2 unspecified atom stereocenters. The molecule has 0 saturated carbocycles. The van der Waals surface area contributed by atoms with Crippen LogP contribution in [0.5, 0.6) is 0 Å². The van der Waals surface area contributed by atoms with E-state index in [1.807, 2.05) is 0 Å². The van der Waals surface area contributed by atoms with Crippen LogP contribution in [-0.2, 0) is 10.2 Å². The first-order valence-electron chi connectivity index (χ1n) is 3.98. The molecule has 1 fully saturated rings. The van der Waals surface area contributed by atoms with E-state index in [1.54, 1.807) is 0 Å². The fourth-order valence-electron chi connectivity index (χ4n) is 1.32. The Hall–Kier alpha value is -0.210. The maximum atomic E-state index is 11.2. The molecule has 0 aliphatic carbocycles. The third-order valence-corrected chi connectivity index (χ3v) is 3.70. The van der Waals surface area contributed by atoms with Crippen LogP contribution in [0, 0.1) is 5.92 Å². The van der Waals surface area contributed by atoms with Crippen molar-refractivity contribution in [3.63, 3.8) is 0 Å². The normalized spacial score (nSPS) is 31.0. The lowest BCUT2D eigenvalue weighted by Gasteiger charge is -2.13. The van der Waals surface area contributed by atoms with Crippen molar-refractivity contribution < 1.29 is 18.6 Å². The van der Waals surface area contributed by atoms with Crippen LogP contribution in [0.1, 0.15) is 0 Å². The summed E-state index contributed by atoms with van der Waals surface area (Å²) in [6.45, 7) is 0.0200. The van der Waals surface area contributed by atoms with E-state index in [4.69, 9.17) is 5.11 Å². The topological polar surface area (TPSA) is 89.9 Å². The average Bonchev–Trinajstić information content (AvgIpc) is 2.47. The molecule has 1 heterocycles. The number of aliphatic hydroxyl groups excluding tert-OH is 2. The molecular weight excluding hydrogens is 196 g/mol. The van der Waals surface area contributed by atoms with Gasteiger partial charge in [0.25, 0.3) is 10.2 Å². The molecule has 3 N–H and O–H groups in total. The Labute approximate surface area is 77.4 Å². The SMILES string of the molecule is CNS(=O)(=O)N1CC(O)C(CO)C1.